The van der Waals surface area contributed by atoms with E-state index in [1.807, 2.05) is 0 Å². The van der Waals surface area contributed by atoms with Gasteiger partial charge in [0.2, 0.25) is 0 Å². The van der Waals surface area contributed by atoms with Gasteiger partial charge in [0.25, 0.3) is 6.17 Å². The Morgan fingerprint density at radius 3 is 1.88 bits per heavy atom. The van der Waals surface area contributed by atoms with Crippen molar-refractivity contribution in [1.82, 2.24) is 0 Å². The molecule has 0 bridgehead atoms. The smallest absolute Gasteiger partial charge is 0.430 e. The molecule has 0 heterocycles. The van der Waals surface area contributed by atoms with Gasteiger partial charge in [-0.05, 0) is 19.1 Å². The minimum Gasteiger partial charge on any atom is -0.430 e. The van der Waals surface area contributed by atoms with Gasteiger partial charge in [-0.2, -0.15) is 22.0 Å². The second kappa shape index (κ2) is 4.46. The molecule has 1 aromatic rings. The van der Waals surface area contributed by atoms with Crippen LogP contribution in [0.15, 0.2) is 24.3 Å². The molecule has 0 aromatic heterocycles. The second-order valence-corrected chi connectivity index (χ2v) is 3.38. The van der Waals surface area contributed by atoms with Crippen molar-refractivity contribution in [2.24, 2.45) is 0 Å². The highest BCUT2D eigenvalue weighted by Crippen LogP contribution is 2.36. The Bertz CT molecular complexity index is 369. The van der Waals surface area contributed by atoms with Gasteiger partial charge in [0.1, 0.15) is 5.75 Å². The van der Waals surface area contributed by atoms with Crippen LogP contribution in [0.3, 0.4) is 0 Å². The summed E-state index contributed by atoms with van der Waals surface area (Å²) in [6.45, 7) is 1.65. The normalized spacial score (nSPS) is 14.5. The number of hydrogen-bond acceptors (Lipinski definition) is 1. The van der Waals surface area contributed by atoms with Gasteiger partial charge in [-0.15, -0.1) is 0 Å². The van der Waals surface area contributed by atoms with Crippen molar-refractivity contribution in [3.8, 4) is 5.75 Å². The van der Waals surface area contributed by atoms with E-state index in [1.54, 1.807) is 6.92 Å². The lowest BCUT2D eigenvalue weighted by Crippen LogP contribution is -2.45. The first kappa shape index (κ1) is 13.7. The number of ether oxygens (including phenoxy) is 1. The van der Waals surface area contributed by atoms with Crippen molar-refractivity contribution in [2.75, 3.05) is 0 Å². The zero-order chi connectivity index (χ0) is 13.3. The Kier molecular flexibility index (Phi) is 3.59. The minimum atomic E-state index is -5.67. The molecular formula is C10H8F6O. The fraction of sp³-hybridized carbons (Fsp3) is 0.400. The van der Waals surface area contributed by atoms with E-state index in [9.17, 15) is 26.3 Å². The van der Waals surface area contributed by atoms with Crippen LogP contribution in [0.4, 0.5) is 26.3 Å². The van der Waals surface area contributed by atoms with Crippen LogP contribution in [-0.2, 0) is 0 Å². The number of rotatable bonds is 3. The SMILES string of the molecule is Cc1ccc(OC(F)(F)C(F)C(F)(F)F)cc1. The largest absolute Gasteiger partial charge is 0.439 e. The van der Waals surface area contributed by atoms with Crippen LogP contribution < -0.4 is 4.74 Å². The van der Waals surface area contributed by atoms with E-state index in [2.05, 4.69) is 4.74 Å². The third-order valence-corrected chi connectivity index (χ3v) is 1.86. The Labute approximate surface area is 93.0 Å². The van der Waals surface area contributed by atoms with Gasteiger partial charge in [-0.25, -0.2) is 4.39 Å². The summed E-state index contributed by atoms with van der Waals surface area (Å²) in [7, 11) is 0. The topological polar surface area (TPSA) is 9.23 Å². The van der Waals surface area contributed by atoms with Crippen molar-refractivity contribution in [3.05, 3.63) is 29.8 Å². The molecule has 0 aliphatic heterocycles. The highest BCUT2D eigenvalue weighted by atomic mass is 19.4. The van der Waals surface area contributed by atoms with Gasteiger partial charge in [-0.1, -0.05) is 17.7 Å². The van der Waals surface area contributed by atoms with Gasteiger partial charge >= 0.3 is 12.3 Å². The predicted octanol–water partition coefficient (Wildman–Crippen LogP) is 3.87. The van der Waals surface area contributed by atoms with E-state index in [4.69, 9.17) is 0 Å². The molecule has 0 amide bonds. The van der Waals surface area contributed by atoms with Crippen LogP contribution in [0, 0.1) is 6.92 Å². The Morgan fingerprint density at radius 1 is 1.00 bits per heavy atom. The maximum Gasteiger partial charge on any atom is 0.439 e. The number of alkyl halides is 6. The molecule has 0 aliphatic carbocycles. The lowest BCUT2D eigenvalue weighted by molar-refractivity contribution is -0.304. The fourth-order valence-electron chi connectivity index (χ4n) is 1.01. The summed E-state index contributed by atoms with van der Waals surface area (Å²) in [6.07, 6.45) is -15.0. The van der Waals surface area contributed by atoms with Crippen LogP contribution in [-0.4, -0.2) is 18.5 Å². The van der Waals surface area contributed by atoms with Gasteiger partial charge in [-0.3, -0.25) is 0 Å². The van der Waals surface area contributed by atoms with Gasteiger partial charge < -0.3 is 4.74 Å². The molecule has 0 N–H and O–H groups in total. The van der Waals surface area contributed by atoms with Crippen LogP contribution >= 0.6 is 0 Å². The number of benzene rings is 1. The lowest BCUT2D eigenvalue weighted by atomic mass is 10.2. The van der Waals surface area contributed by atoms with Crippen molar-refractivity contribution < 1.29 is 31.1 Å². The highest BCUT2D eigenvalue weighted by Gasteiger charge is 2.59. The molecule has 1 nitrogen and oxygen atoms in total. The van der Waals surface area contributed by atoms with Crippen molar-refractivity contribution in [2.45, 2.75) is 25.4 Å². The van der Waals surface area contributed by atoms with E-state index in [-0.39, 0.29) is 0 Å². The summed E-state index contributed by atoms with van der Waals surface area (Å²) >= 11 is 0. The van der Waals surface area contributed by atoms with Crippen LogP contribution in [0.2, 0.25) is 0 Å². The third-order valence-electron chi connectivity index (χ3n) is 1.86. The zero-order valence-corrected chi connectivity index (χ0v) is 8.56. The molecule has 1 aromatic carbocycles. The highest BCUT2D eigenvalue weighted by molar-refractivity contribution is 5.26. The van der Waals surface area contributed by atoms with Crippen molar-refractivity contribution in [1.29, 1.82) is 0 Å². The monoisotopic (exact) mass is 258 g/mol. The summed E-state index contributed by atoms with van der Waals surface area (Å²) in [6, 6.07) is 4.77. The predicted molar refractivity (Wildman–Crippen MR) is 47.7 cm³/mol. The molecule has 0 saturated heterocycles. The van der Waals surface area contributed by atoms with E-state index in [0.717, 1.165) is 12.1 Å². The standard InChI is InChI=1S/C10H8F6O/c1-6-2-4-7(5-3-6)17-10(15,16)8(11)9(12,13)14/h2-5,8H,1H3. The van der Waals surface area contributed by atoms with E-state index >= 15 is 0 Å². The summed E-state index contributed by atoms with van der Waals surface area (Å²) in [4.78, 5) is 0. The molecule has 0 radical (unpaired) electrons. The lowest BCUT2D eigenvalue weighted by Gasteiger charge is -2.23. The average Bonchev–Trinajstić information content (AvgIpc) is 2.19. The molecular weight excluding hydrogens is 250 g/mol. The first-order valence-electron chi connectivity index (χ1n) is 4.47. The number of halogens is 6. The second-order valence-electron chi connectivity index (χ2n) is 3.38. The van der Waals surface area contributed by atoms with E-state index in [1.165, 1.54) is 12.1 Å². The van der Waals surface area contributed by atoms with Crippen LogP contribution in [0.5, 0.6) is 5.75 Å². The zero-order valence-electron chi connectivity index (χ0n) is 8.56. The van der Waals surface area contributed by atoms with Gasteiger partial charge in [0.05, 0.1) is 0 Å². The molecule has 0 saturated carbocycles. The molecule has 1 atom stereocenters. The van der Waals surface area contributed by atoms with Gasteiger partial charge in [0, 0.05) is 0 Å². The van der Waals surface area contributed by atoms with E-state index < -0.39 is 24.2 Å². The molecule has 17 heavy (non-hydrogen) atoms. The summed E-state index contributed by atoms with van der Waals surface area (Å²) in [5.41, 5.74) is 0.702. The fourth-order valence-corrected chi connectivity index (χ4v) is 1.01. The number of hydrogen-bond donors (Lipinski definition) is 0. The third kappa shape index (κ3) is 3.54. The maximum atomic E-state index is 12.8. The van der Waals surface area contributed by atoms with E-state index in [0.29, 0.717) is 5.56 Å². The quantitative estimate of drug-likeness (QED) is 0.748. The molecule has 1 rings (SSSR count). The molecule has 0 fully saturated rings. The Hall–Kier alpha value is -1.40. The summed E-state index contributed by atoms with van der Waals surface area (Å²) < 4.78 is 77.1. The van der Waals surface area contributed by atoms with Crippen LogP contribution in [0.1, 0.15) is 5.56 Å². The Morgan fingerprint density at radius 2 is 1.47 bits per heavy atom. The Balaban J connectivity index is 2.82. The first-order valence-corrected chi connectivity index (χ1v) is 4.47. The molecule has 0 aliphatic rings. The molecule has 0 spiro atoms. The minimum absolute atomic E-state index is 0.535. The molecule has 1 unspecified atom stereocenters. The molecule has 96 valence electrons. The summed E-state index contributed by atoms with van der Waals surface area (Å²) in [5, 5.41) is 0. The first-order chi connectivity index (χ1) is 7.63. The van der Waals surface area contributed by atoms with Gasteiger partial charge in [0.15, 0.2) is 0 Å². The number of aryl methyl sites for hydroxylation is 1. The van der Waals surface area contributed by atoms with Crippen molar-refractivity contribution in [3.63, 3.8) is 0 Å². The van der Waals surface area contributed by atoms with Crippen LogP contribution in [0.25, 0.3) is 0 Å². The molecule has 7 heteroatoms. The average molecular weight is 258 g/mol. The van der Waals surface area contributed by atoms with Crippen molar-refractivity contribution >= 4 is 0 Å². The maximum absolute atomic E-state index is 12.8. The summed E-state index contributed by atoms with van der Waals surface area (Å²) in [5.74, 6) is -0.535.